The van der Waals surface area contributed by atoms with Crippen molar-refractivity contribution in [1.29, 1.82) is 0 Å². The molecule has 0 heterocycles. The zero-order chi connectivity index (χ0) is 19.9. The second kappa shape index (κ2) is 14.2. The van der Waals surface area contributed by atoms with Gasteiger partial charge in [0.1, 0.15) is 0 Å². The van der Waals surface area contributed by atoms with Crippen LogP contribution in [-0.2, 0) is 19.3 Å². The van der Waals surface area contributed by atoms with Crippen molar-refractivity contribution < 1.29 is 0 Å². The number of unbranched alkanes of at least 4 members (excludes halogenated alkanes) is 7. The summed E-state index contributed by atoms with van der Waals surface area (Å²) < 4.78 is 0. The summed E-state index contributed by atoms with van der Waals surface area (Å²) >= 11 is 0. The highest BCUT2D eigenvalue weighted by atomic mass is 14.0. The number of hydrogen-bond acceptors (Lipinski definition) is 0. The van der Waals surface area contributed by atoms with Crippen LogP contribution in [0.5, 0.6) is 0 Å². The molecule has 0 radical (unpaired) electrons. The summed E-state index contributed by atoms with van der Waals surface area (Å²) in [6, 6.07) is 18.4. The van der Waals surface area contributed by atoms with Gasteiger partial charge in [0.15, 0.2) is 0 Å². The molecule has 0 nitrogen and oxygen atoms in total. The van der Waals surface area contributed by atoms with Crippen LogP contribution in [0.4, 0.5) is 0 Å². The fourth-order valence-corrected chi connectivity index (χ4v) is 3.63. The molecular formula is C28H40. The van der Waals surface area contributed by atoms with Crippen molar-refractivity contribution in [3.05, 3.63) is 76.9 Å². The van der Waals surface area contributed by atoms with E-state index >= 15 is 0 Å². The molecule has 0 bridgehead atoms. The molecule has 2 aromatic rings. The zero-order valence-electron chi connectivity index (χ0n) is 18.3. The van der Waals surface area contributed by atoms with Gasteiger partial charge in [0.25, 0.3) is 0 Å². The van der Waals surface area contributed by atoms with Gasteiger partial charge in [0.2, 0.25) is 0 Å². The minimum Gasteiger partial charge on any atom is -0.0840 e. The Bertz CT molecular complexity index is 645. The molecule has 152 valence electrons. The van der Waals surface area contributed by atoms with E-state index < -0.39 is 0 Å². The van der Waals surface area contributed by atoms with Gasteiger partial charge in [-0.2, -0.15) is 0 Å². The van der Waals surface area contributed by atoms with Crippen molar-refractivity contribution in [2.45, 2.75) is 90.9 Å². The SMILES string of the molecule is CCC/C=C/c1ccc(CCc2ccc(CCCCCCCCC)cc2)cc1. The molecule has 0 unspecified atom stereocenters. The van der Waals surface area contributed by atoms with E-state index in [0.717, 1.165) is 19.3 Å². The molecule has 0 aliphatic heterocycles. The molecule has 0 saturated heterocycles. The lowest BCUT2D eigenvalue weighted by molar-refractivity contribution is 0.589. The molecule has 0 fully saturated rings. The van der Waals surface area contributed by atoms with Gasteiger partial charge in [-0.15, -0.1) is 0 Å². The van der Waals surface area contributed by atoms with Crippen LogP contribution in [0.3, 0.4) is 0 Å². The predicted molar refractivity (Wildman–Crippen MR) is 126 cm³/mol. The molecule has 0 heteroatoms. The Labute approximate surface area is 174 Å². The number of allylic oxidation sites excluding steroid dienone is 1. The molecule has 2 aromatic carbocycles. The molecular weight excluding hydrogens is 336 g/mol. The molecule has 0 N–H and O–H groups in total. The number of hydrogen-bond donors (Lipinski definition) is 0. The smallest absolute Gasteiger partial charge is 0.0238 e. The highest BCUT2D eigenvalue weighted by Gasteiger charge is 1.99. The van der Waals surface area contributed by atoms with Crippen LogP contribution in [0.15, 0.2) is 54.6 Å². The van der Waals surface area contributed by atoms with Crippen molar-refractivity contribution in [3.8, 4) is 0 Å². The van der Waals surface area contributed by atoms with E-state index in [4.69, 9.17) is 0 Å². The zero-order valence-corrected chi connectivity index (χ0v) is 18.3. The average Bonchev–Trinajstić information content (AvgIpc) is 2.73. The lowest BCUT2D eigenvalue weighted by Crippen LogP contribution is -1.93. The molecule has 0 aliphatic rings. The third-order valence-electron chi connectivity index (χ3n) is 5.54. The van der Waals surface area contributed by atoms with Crippen molar-refractivity contribution in [3.63, 3.8) is 0 Å². The Balaban J connectivity index is 1.66. The van der Waals surface area contributed by atoms with Crippen LogP contribution in [0.2, 0.25) is 0 Å². The van der Waals surface area contributed by atoms with Gasteiger partial charge in [-0.05, 0) is 54.4 Å². The fourth-order valence-electron chi connectivity index (χ4n) is 3.63. The molecule has 0 spiro atoms. The molecule has 0 atom stereocenters. The van der Waals surface area contributed by atoms with Gasteiger partial charge in [-0.3, -0.25) is 0 Å². The first-order valence-electron chi connectivity index (χ1n) is 11.6. The molecule has 0 aliphatic carbocycles. The van der Waals surface area contributed by atoms with E-state index in [2.05, 4.69) is 74.5 Å². The Kier molecular flexibility index (Phi) is 11.4. The van der Waals surface area contributed by atoms with Gasteiger partial charge < -0.3 is 0 Å². The van der Waals surface area contributed by atoms with Crippen molar-refractivity contribution in [2.24, 2.45) is 0 Å². The van der Waals surface area contributed by atoms with Gasteiger partial charge >= 0.3 is 0 Å². The first-order chi connectivity index (χ1) is 13.8. The van der Waals surface area contributed by atoms with Crippen molar-refractivity contribution in [1.82, 2.24) is 0 Å². The lowest BCUT2D eigenvalue weighted by Gasteiger charge is -2.06. The highest BCUT2D eigenvalue weighted by Crippen LogP contribution is 2.14. The minimum absolute atomic E-state index is 1.12. The summed E-state index contributed by atoms with van der Waals surface area (Å²) in [5.74, 6) is 0. The van der Waals surface area contributed by atoms with Gasteiger partial charge in [0.05, 0.1) is 0 Å². The maximum atomic E-state index is 2.34. The minimum atomic E-state index is 1.12. The third-order valence-corrected chi connectivity index (χ3v) is 5.54. The van der Waals surface area contributed by atoms with Gasteiger partial charge in [-0.1, -0.05) is 119 Å². The summed E-state index contributed by atoms with van der Waals surface area (Å²) in [6.07, 6.45) is 20.1. The van der Waals surface area contributed by atoms with E-state index in [1.54, 1.807) is 0 Å². The second-order valence-electron chi connectivity index (χ2n) is 8.12. The molecule has 0 saturated carbocycles. The predicted octanol–water partition coefficient (Wildman–Crippen LogP) is 8.58. The van der Waals surface area contributed by atoms with Crippen LogP contribution in [0.25, 0.3) is 6.08 Å². The van der Waals surface area contributed by atoms with Gasteiger partial charge in [0, 0.05) is 0 Å². The number of benzene rings is 2. The van der Waals surface area contributed by atoms with E-state index in [0.29, 0.717) is 0 Å². The average molecular weight is 377 g/mol. The van der Waals surface area contributed by atoms with Crippen LogP contribution in [0.1, 0.15) is 93.9 Å². The van der Waals surface area contributed by atoms with E-state index in [-0.39, 0.29) is 0 Å². The summed E-state index contributed by atoms with van der Waals surface area (Å²) in [7, 11) is 0. The standard InChI is InChI=1S/C28H40/c1-3-5-7-8-9-10-12-14-26-17-21-28(22-18-26)24-23-27-19-15-25(16-20-27)13-11-6-4-2/h11,13,15-22H,3-10,12,14,23-24H2,1-2H3/b13-11+. The summed E-state index contributed by atoms with van der Waals surface area (Å²) in [4.78, 5) is 0. The van der Waals surface area contributed by atoms with Crippen LogP contribution < -0.4 is 0 Å². The lowest BCUT2D eigenvalue weighted by atomic mass is 10.00. The highest BCUT2D eigenvalue weighted by molar-refractivity contribution is 5.49. The maximum Gasteiger partial charge on any atom is -0.0238 e. The molecule has 0 aromatic heterocycles. The van der Waals surface area contributed by atoms with E-state index in [1.807, 2.05) is 0 Å². The first-order valence-corrected chi connectivity index (χ1v) is 11.6. The Morgan fingerprint density at radius 1 is 0.536 bits per heavy atom. The normalized spacial score (nSPS) is 11.4. The summed E-state index contributed by atoms with van der Waals surface area (Å²) in [5, 5.41) is 0. The van der Waals surface area contributed by atoms with Crippen LogP contribution >= 0.6 is 0 Å². The van der Waals surface area contributed by atoms with E-state index in [9.17, 15) is 0 Å². The maximum absolute atomic E-state index is 2.34. The largest absolute Gasteiger partial charge is 0.0840 e. The molecule has 2 rings (SSSR count). The Morgan fingerprint density at radius 3 is 1.61 bits per heavy atom. The van der Waals surface area contributed by atoms with Crippen LogP contribution in [0, 0.1) is 0 Å². The molecule has 0 amide bonds. The van der Waals surface area contributed by atoms with Crippen molar-refractivity contribution in [2.75, 3.05) is 0 Å². The Morgan fingerprint density at radius 2 is 1.04 bits per heavy atom. The van der Waals surface area contributed by atoms with Gasteiger partial charge in [-0.25, -0.2) is 0 Å². The van der Waals surface area contributed by atoms with Crippen LogP contribution in [-0.4, -0.2) is 0 Å². The summed E-state index contributed by atoms with van der Waals surface area (Å²) in [5.41, 5.74) is 5.70. The van der Waals surface area contributed by atoms with Crippen molar-refractivity contribution >= 4 is 6.08 Å². The first kappa shape index (κ1) is 22.5. The third kappa shape index (κ3) is 9.40. The fraction of sp³-hybridized carbons (Fsp3) is 0.500. The summed E-state index contributed by atoms with van der Waals surface area (Å²) in [6.45, 7) is 4.50. The molecule has 28 heavy (non-hydrogen) atoms. The quantitative estimate of drug-likeness (QED) is 0.290. The van der Waals surface area contributed by atoms with E-state index in [1.165, 1.54) is 80.0 Å². The monoisotopic (exact) mass is 376 g/mol. The topological polar surface area (TPSA) is 0 Å². The second-order valence-corrected chi connectivity index (χ2v) is 8.12. The number of aryl methyl sites for hydroxylation is 3. The Hall–Kier alpha value is -1.82. The number of rotatable bonds is 14.